The standard InChI is InChI=1S/C28H34F3NO4/c1-18(25-10-9-23(28(29,30)31)14-22(25)8-11-26(34)35)36-17-24(33)16-32-27(2,3)15-19-12-20-6-4-5-7-21(20)13-19/h4-11,14,18-19,24,32-33H,12-13,15-17H2,1-3H3,(H,34,35)/b11-8+/t18-,24+/m1/s1. The van der Waals surface area contributed by atoms with E-state index in [9.17, 15) is 23.1 Å². The average Bonchev–Trinajstić information content (AvgIpc) is 3.20. The highest BCUT2D eigenvalue weighted by molar-refractivity contribution is 5.85. The first kappa shape index (κ1) is 27.9. The lowest BCUT2D eigenvalue weighted by molar-refractivity contribution is -0.137. The summed E-state index contributed by atoms with van der Waals surface area (Å²) in [5, 5.41) is 22.8. The van der Waals surface area contributed by atoms with E-state index < -0.39 is 29.9 Å². The first-order valence-electron chi connectivity index (χ1n) is 12.1. The van der Waals surface area contributed by atoms with E-state index in [0.29, 0.717) is 18.0 Å². The second kappa shape index (κ2) is 11.6. The molecule has 0 saturated heterocycles. The second-order valence-electron chi connectivity index (χ2n) is 10.2. The van der Waals surface area contributed by atoms with E-state index in [1.54, 1.807) is 6.92 Å². The lowest BCUT2D eigenvalue weighted by atomic mass is 9.88. The number of carboxylic acids is 1. The zero-order valence-electron chi connectivity index (χ0n) is 20.8. The summed E-state index contributed by atoms with van der Waals surface area (Å²) < 4.78 is 45.1. The lowest BCUT2D eigenvalue weighted by Crippen LogP contribution is -2.45. The average molecular weight is 506 g/mol. The van der Waals surface area contributed by atoms with Crippen LogP contribution in [0.1, 0.15) is 61.1 Å². The molecule has 8 heteroatoms. The molecule has 0 unspecified atom stereocenters. The van der Waals surface area contributed by atoms with Gasteiger partial charge in [0.25, 0.3) is 0 Å². The van der Waals surface area contributed by atoms with Crippen molar-refractivity contribution >= 4 is 12.0 Å². The fourth-order valence-electron chi connectivity index (χ4n) is 4.81. The van der Waals surface area contributed by atoms with Gasteiger partial charge < -0.3 is 20.3 Å². The summed E-state index contributed by atoms with van der Waals surface area (Å²) >= 11 is 0. The number of fused-ring (bicyclic) bond motifs is 1. The summed E-state index contributed by atoms with van der Waals surface area (Å²) in [4.78, 5) is 10.9. The molecular formula is C28H34F3NO4. The van der Waals surface area contributed by atoms with Crippen molar-refractivity contribution in [3.8, 4) is 0 Å². The Hall–Kier alpha value is -2.68. The zero-order chi connectivity index (χ0) is 26.5. The van der Waals surface area contributed by atoms with E-state index in [4.69, 9.17) is 9.84 Å². The van der Waals surface area contributed by atoms with Gasteiger partial charge >= 0.3 is 12.1 Å². The molecule has 0 aliphatic heterocycles. The van der Waals surface area contributed by atoms with Crippen molar-refractivity contribution in [2.75, 3.05) is 13.2 Å². The minimum Gasteiger partial charge on any atom is -0.478 e. The van der Waals surface area contributed by atoms with Crippen LogP contribution in [0.3, 0.4) is 0 Å². The summed E-state index contributed by atoms with van der Waals surface area (Å²) in [7, 11) is 0. The molecule has 2 aromatic rings. The summed E-state index contributed by atoms with van der Waals surface area (Å²) in [5.74, 6) is -0.729. The number of hydrogen-bond donors (Lipinski definition) is 3. The van der Waals surface area contributed by atoms with E-state index in [-0.39, 0.29) is 17.7 Å². The number of carbonyl (C=O) groups is 1. The van der Waals surface area contributed by atoms with Crippen LogP contribution in [-0.2, 0) is 28.5 Å². The van der Waals surface area contributed by atoms with Gasteiger partial charge in [-0.2, -0.15) is 13.2 Å². The van der Waals surface area contributed by atoms with Gasteiger partial charge in [0.1, 0.15) is 0 Å². The molecule has 36 heavy (non-hydrogen) atoms. The quantitative estimate of drug-likeness (QED) is 0.356. The predicted molar refractivity (Wildman–Crippen MR) is 133 cm³/mol. The van der Waals surface area contributed by atoms with E-state index in [0.717, 1.165) is 43.5 Å². The lowest BCUT2D eigenvalue weighted by Gasteiger charge is -2.31. The smallest absolute Gasteiger partial charge is 0.416 e. The van der Waals surface area contributed by atoms with Gasteiger partial charge in [-0.25, -0.2) is 4.79 Å². The van der Waals surface area contributed by atoms with Gasteiger partial charge in [-0.3, -0.25) is 0 Å². The van der Waals surface area contributed by atoms with Crippen molar-refractivity contribution in [1.82, 2.24) is 5.32 Å². The van der Waals surface area contributed by atoms with Gasteiger partial charge in [-0.05, 0) is 86.4 Å². The van der Waals surface area contributed by atoms with E-state index in [2.05, 4.69) is 43.4 Å². The Bertz CT molecular complexity index is 1060. The number of β-amino-alcohol motifs (C(OH)–C–C–N with tert-alkyl or cyclic N) is 1. The number of ether oxygens (including phenoxy) is 1. The number of hydrogen-bond acceptors (Lipinski definition) is 4. The molecule has 2 aromatic carbocycles. The van der Waals surface area contributed by atoms with Crippen molar-refractivity contribution in [1.29, 1.82) is 0 Å². The Labute approximate surface area is 210 Å². The molecule has 0 heterocycles. The Balaban J connectivity index is 1.53. The number of aliphatic hydroxyl groups is 1. The number of aliphatic carboxylic acids is 1. The normalized spacial score (nSPS) is 16.3. The van der Waals surface area contributed by atoms with Crippen molar-refractivity contribution in [3.05, 3.63) is 76.4 Å². The Kier molecular flexibility index (Phi) is 8.98. The van der Waals surface area contributed by atoms with Crippen LogP contribution in [-0.4, -0.2) is 41.0 Å². The molecule has 0 radical (unpaired) electrons. The summed E-state index contributed by atoms with van der Waals surface area (Å²) in [6.45, 7) is 6.15. The van der Waals surface area contributed by atoms with Crippen LogP contribution in [0.4, 0.5) is 13.2 Å². The van der Waals surface area contributed by atoms with Crippen molar-refractivity contribution in [2.24, 2.45) is 5.92 Å². The molecule has 0 bridgehead atoms. The number of alkyl halides is 3. The molecule has 1 aliphatic rings. The minimum absolute atomic E-state index is 0.0256. The van der Waals surface area contributed by atoms with Crippen LogP contribution < -0.4 is 5.32 Å². The molecule has 2 atom stereocenters. The SMILES string of the molecule is C[C@@H](OC[C@@H](O)CNC(C)(C)CC1Cc2ccccc2C1)c1ccc(C(F)(F)F)cc1/C=C/C(=O)O. The second-order valence-corrected chi connectivity index (χ2v) is 10.2. The summed E-state index contributed by atoms with van der Waals surface area (Å²) in [6, 6.07) is 11.6. The third-order valence-electron chi connectivity index (χ3n) is 6.55. The van der Waals surface area contributed by atoms with E-state index in [1.807, 2.05) is 0 Å². The van der Waals surface area contributed by atoms with Gasteiger partial charge in [-0.1, -0.05) is 30.3 Å². The molecule has 0 amide bonds. The fourth-order valence-corrected chi connectivity index (χ4v) is 4.81. The Morgan fingerprint density at radius 3 is 2.39 bits per heavy atom. The molecule has 1 aliphatic carbocycles. The van der Waals surface area contributed by atoms with E-state index >= 15 is 0 Å². The number of carboxylic acid groups (broad SMARTS) is 1. The fraction of sp³-hybridized carbons (Fsp3) is 0.464. The third kappa shape index (κ3) is 7.91. The van der Waals surface area contributed by atoms with Gasteiger partial charge in [0, 0.05) is 18.2 Å². The molecule has 0 fully saturated rings. The Morgan fingerprint density at radius 1 is 1.17 bits per heavy atom. The van der Waals surface area contributed by atoms with Crippen LogP contribution in [0.15, 0.2) is 48.5 Å². The maximum absolute atomic E-state index is 13.1. The first-order chi connectivity index (χ1) is 16.8. The minimum atomic E-state index is -4.55. The van der Waals surface area contributed by atoms with Gasteiger partial charge in [0.05, 0.1) is 24.4 Å². The van der Waals surface area contributed by atoms with Crippen molar-refractivity contribution < 1.29 is 32.9 Å². The molecule has 196 valence electrons. The van der Waals surface area contributed by atoms with Crippen molar-refractivity contribution in [3.63, 3.8) is 0 Å². The highest BCUT2D eigenvalue weighted by atomic mass is 19.4. The topological polar surface area (TPSA) is 78.8 Å². The molecule has 5 nitrogen and oxygen atoms in total. The van der Waals surface area contributed by atoms with Gasteiger partial charge in [0.2, 0.25) is 0 Å². The van der Waals surface area contributed by atoms with Crippen molar-refractivity contribution in [2.45, 2.75) is 64.0 Å². The number of nitrogens with one attached hydrogen (secondary N) is 1. The molecule has 0 aromatic heterocycles. The van der Waals surface area contributed by atoms with Crippen LogP contribution in [0.25, 0.3) is 6.08 Å². The largest absolute Gasteiger partial charge is 0.478 e. The van der Waals surface area contributed by atoms with Crippen LogP contribution in [0.5, 0.6) is 0 Å². The zero-order valence-corrected chi connectivity index (χ0v) is 20.8. The van der Waals surface area contributed by atoms with Crippen LogP contribution >= 0.6 is 0 Å². The van der Waals surface area contributed by atoms with Gasteiger partial charge in [0.15, 0.2) is 0 Å². The van der Waals surface area contributed by atoms with E-state index in [1.165, 1.54) is 17.2 Å². The summed E-state index contributed by atoms with van der Waals surface area (Å²) in [5.41, 5.74) is 2.25. The molecular weight excluding hydrogens is 471 g/mol. The molecule has 0 saturated carbocycles. The number of benzene rings is 2. The van der Waals surface area contributed by atoms with Crippen LogP contribution in [0.2, 0.25) is 0 Å². The maximum Gasteiger partial charge on any atom is 0.416 e. The number of rotatable bonds is 11. The number of aliphatic hydroxyl groups excluding tert-OH is 1. The van der Waals surface area contributed by atoms with Crippen LogP contribution in [0, 0.1) is 5.92 Å². The monoisotopic (exact) mass is 505 g/mol. The molecule has 0 spiro atoms. The summed E-state index contributed by atoms with van der Waals surface area (Å²) in [6.07, 6.45) is -1.06. The van der Waals surface area contributed by atoms with Gasteiger partial charge in [-0.15, -0.1) is 0 Å². The molecule has 3 rings (SSSR count). The first-order valence-corrected chi connectivity index (χ1v) is 12.1. The maximum atomic E-state index is 13.1. The third-order valence-corrected chi connectivity index (χ3v) is 6.55. The highest BCUT2D eigenvalue weighted by Crippen LogP contribution is 2.34. The Morgan fingerprint density at radius 2 is 1.81 bits per heavy atom. The predicted octanol–water partition coefficient (Wildman–Crippen LogP) is 5.42. The molecule has 3 N–H and O–H groups in total. The highest BCUT2D eigenvalue weighted by Gasteiger charge is 2.31. The number of halogens is 3.